The Hall–Kier alpha value is -2.69. The molecule has 1 aliphatic rings. The van der Waals surface area contributed by atoms with Gasteiger partial charge >= 0.3 is 0 Å². The van der Waals surface area contributed by atoms with Gasteiger partial charge in [-0.05, 0) is 43.7 Å². The fourth-order valence-electron chi connectivity index (χ4n) is 2.82. The van der Waals surface area contributed by atoms with E-state index in [2.05, 4.69) is 5.16 Å². The molecule has 0 aliphatic carbocycles. The fraction of sp³-hybridized carbons (Fsp3) is 0.300. The van der Waals surface area contributed by atoms with E-state index in [-0.39, 0.29) is 17.8 Å². The van der Waals surface area contributed by atoms with E-state index in [0.29, 0.717) is 25.1 Å². The molecule has 0 N–H and O–H groups in total. The van der Waals surface area contributed by atoms with Crippen LogP contribution in [0.2, 0.25) is 0 Å². The number of carbonyl (C=O) groups excluding carboxylic acids is 1. The first-order valence-electron chi connectivity index (χ1n) is 8.41. The predicted molar refractivity (Wildman–Crippen MR) is 95.2 cm³/mol. The number of hydrogen-bond donors (Lipinski definition) is 0. The molecule has 3 rings (SSSR count). The average molecular weight is 340 g/mol. The molecule has 0 saturated heterocycles. The molecule has 0 saturated carbocycles. The Labute approximate surface area is 146 Å². The minimum atomic E-state index is -0.352. The van der Waals surface area contributed by atoms with Crippen molar-refractivity contribution in [1.29, 1.82) is 0 Å². The molecule has 0 spiro atoms. The van der Waals surface area contributed by atoms with Gasteiger partial charge in [0, 0.05) is 18.5 Å². The van der Waals surface area contributed by atoms with Crippen LogP contribution in [0.1, 0.15) is 34.8 Å². The number of aryl methyl sites for hydroxylation is 1. The highest BCUT2D eigenvalue weighted by Crippen LogP contribution is 2.19. The molecule has 2 aromatic rings. The summed E-state index contributed by atoms with van der Waals surface area (Å²) in [7, 11) is 0. The van der Waals surface area contributed by atoms with Crippen molar-refractivity contribution < 1.29 is 14.0 Å². The number of carbonyl (C=O) groups is 1. The first-order chi connectivity index (χ1) is 12.1. The summed E-state index contributed by atoms with van der Waals surface area (Å²) in [5.41, 5.74) is 3.61. The highest BCUT2D eigenvalue weighted by atomic mass is 19.1. The van der Waals surface area contributed by atoms with Crippen molar-refractivity contribution in [3.8, 4) is 0 Å². The maximum atomic E-state index is 13.0. The van der Waals surface area contributed by atoms with E-state index in [1.807, 2.05) is 38.1 Å². The molecule has 1 heterocycles. The van der Waals surface area contributed by atoms with Gasteiger partial charge in [-0.15, -0.1) is 0 Å². The van der Waals surface area contributed by atoms with Crippen molar-refractivity contribution in [3.63, 3.8) is 0 Å². The fourth-order valence-corrected chi connectivity index (χ4v) is 2.82. The Kier molecular flexibility index (Phi) is 5.12. The lowest BCUT2D eigenvalue weighted by molar-refractivity contribution is 0.0436. The van der Waals surface area contributed by atoms with Gasteiger partial charge in [-0.2, -0.15) is 0 Å². The standard InChI is InChI=1S/C20H21FN2O2/c1-3-23(20(24)16-8-10-17(21)11-9-16)13-18-12-19(22-25-18)15-6-4-14(2)5-7-15/h4-11,18H,3,12-13H2,1-2H3. The number of rotatable bonds is 5. The van der Waals surface area contributed by atoms with Crippen molar-refractivity contribution in [3.05, 3.63) is 71.0 Å². The van der Waals surface area contributed by atoms with Gasteiger partial charge in [-0.1, -0.05) is 35.0 Å². The lowest BCUT2D eigenvalue weighted by Gasteiger charge is -2.23. The Morgan fingerprint density at radius 3 is 2.52 bits per heavy atom. The number of halogens is 1. The minimum absolute atomic E-state index is 0.130. The second kappa shape index (κ2) is 7.47. The average Bonchev–Trinajstić information content (AvgIpc) is 3.09. The van der Waals surface area contributed by atoms with Gasteiger partial charge in [0.05, 0.1) is 12.3 Å². The number of likely N-dealkylation sites (N-methyl/N-ethyl adjacent to an activating group) is 1. The smallest absolute Gasteiger partial charge is 0.253 e. The molecule has 4 nitrogen and oxygen atoms in total. The lowest BCUT2D eigenvalue weighted by atomic mass is 10.0. The predicted octanol–water partition coefficient (Wildman–Crippen LogP) is 3.79. The van der Waals surface area contributed by atoms with Gasteiger partial charge in [-0.25, -0.2) is 4.39 Å². The van der Waals surface area contributed by atoms with Crippen LogP contribution in [0.3, 0.4) is 0 Å². The zero-order chi connectivity index (χ0) is 17.8. The molecular weight excluding hydrogens is 319 g/mol. The minimum Gasteiger partial charge on any atom is -0.390 e. The zero-order valence-corrected chi connectivity index (χ0v) is 14.4. The van der Waals surface area contributed by atoms with E-state index in [1.165, 1.54) is 29.8 Å². The van der Waals surface area contributed by atoms with E-state index in [4.69, 9.17) is 4.84 Å². The Bertz CT molecular complexity index is 769. The van der Waals surface area contributed by atoms with E-state index < -0.39 is 0 Å². The Balaban J connectivity index is 1.62. The summed E-state index contributed by atoms with van der Waals surface area (Å²) < 4.78 is 13.0. The van der Waals surface area contributed by atoms with Crippen LogP contribution in [0.5, 0.6) is 0 Å². The summed E-state index contributed by atoms with van der Waals surface area (Å²) in [4.78, 5) is 19.8. The summed E-state index contributed by atoms with van der Waals surface area (Å²) in [6.07, 6.45) is 0.497. The van der Waals surface area contributed by atoms with E-state index in [9.17, 15) is 9.18 Å². The number of oxime groups is 1. The molecule has 130 valence electrons. The molecule has 5 heteroatoms. The molecule has 25 heavy (non-hydrogen) atoms. The third-order valence-corrected chi connectivity index (χ3v) is 4.30. The van der Waals surface area contributed by atoms with Crippen LogP contribution in [0, 0.1) is 12.7 Å². The van der Waals surface area contributed by atoms with Crippen LogP contribution >= 0.6 is 0 Å². The third-order valence-electron chi connectivity index (χ3n) is 4.30. The van der Waals surface area contributed by atoms with Gasteiger partial charge in [-0.3, -0.25) is 4.79 Å². The van der Waals surface area contributed by atoms with Crippen LogP contribution in [0.15, 0.2) is 53.7 Å². The van der Waals surface area contributed by atoms with E-state index >= 15 is 0 Å². The van der Waals surface area contributed by atoms with Gasteiger partial charge in [0.2, 0.25) is 0 Å². The van der Waals surface area contributed by atoms with Crippen molar-refractivity contribution >= 4 is 11.6 Å². The number of hydrogen-bond acceptors (Lipinski definition) is 3. The second-order valence-corrected chi connectivity index (χ2v) is 6.19. The van der Waals surface area contributed by atoms with Crippen LogP contribution < -0.4 is 0 Å². The first-order valence-corrected chi connectivity index (χ1v) is 8.41. The lowest BCUT2D eigenvalue weighted by Crippen LogP contribution is -2.37. The maximum absolute atomic E-state index is 13.0. The molecule has 0 fully saturated rings. The highest BCUT2D eigenvalue weighted by molar-refractivity contribution is 6.01. The maximum Gasteiger partial charge on any atom is 0.253 e. The molecule has 1 unspecified atom stereocenters. The largest absolute Gasteiger partial charge is 0.390 e. The molecule has 1 aliphatic heterocycles. The van der Waals surface area contributed by atoms with Crippen molar-refractivity contribution in [1.82, 2.24) is 4.90 Å². The summed E-state index contributed by atoms with van der Waals surface area (Å²) >= 11 is 0. The normalized spacial score (nSPS) is 16.3. The monoisotopic (exact) mass is 340 g/mol. The van der Waals surface area contributed by atoms with Gasteiger partial charge < -0.3 is 9.74 Å². The van der Waals surface area contributed by atoms with Gasteiger partial charge in [0.1, 0.15) is 5.82 Å². The quantitative estimate of drug-likeness (QED) is 0.831. The molecular formula is C20H21FN2O2. The highest BCUT2D eigenvalue weighted by Gasteiger charge is 2.26. The molecule has 1 amide bonds. The summed E-state index contributed by atoms with van der Waals surface area (Å²) in [6, 6.07) is 13.7. The van der Waals surface area contributed by atoms with Crippen molar-refractivity contribution in [2.45, 2.75) is 26.4 Å². The molecule has 0 aromatic heterocycles. The molecule has 2 aromatic carbocycles. The van der Waals surface area contributed by atoms with E-state index in [0.717, 1.165) is 11.3 Å². The molecule has 0 radical (unpaired) electrons. The second-order valence-electron chi connectivity index (χ2n) is 6.19. The van der Waals surface area contributed by atoms with Crippen molar-refractivity contribution in [2.75, 3.05) is 13.1 Å². The van der Waals surface area contributed by atoms with E-state index in [1.54, 1.807) is 4.90 Å². The zero-order valence-electron chi connectivity index (χ0n) is 14.4. The van der Waals surface area contributed by atoms with Crippen LogP contribution in [-0.2, 0) is 4.84 Å². The van der Waals surface area contributed by atoms with Crippen molar-refractivity contribution in [2.24, 2.45) is 5.16 Å². The Morgan fingerprint density at radius 1 is 1.20 bits per heavy atom. The summed E-state index contributed by atoms with van der Waals surface area (Å²) in [5, 5.41) is 4.18. The van der Waals surface area contributed by atoms with Crippen LogP contribution in [0.25, 0.3) is 0 Å². The number of benzene rings is 2. The topological polar surface area (TPSA) is 41.9 Å². The van der Waals surface area contributed by atoms with Crippen LogP contribution in [0.4, 0.5) is 4.39 Å². The first kappa shape index (κ1) is 17.1. The molecule has 0 bridgehead atoms. The van der Waals surface area contributed by atoms with Gasteiger partial charge in [0.25, 0.3) is 5.91 Å². The summed E-state index contributed by atoms with van der Waals surface area (Å²) in [6.45, 7) is 4.96. The SMILES string of the molecule is CCN(CC1CC(c2ccc(C)cc2)=NO1)C(=O)c1ccc(F)cc1. The van der Waals surface area contributed by atoms with Crippen LogP contribution in [-0.4, -0.2) is 35.7 Å². The number of nitrogens with zero attached hydrogens (tertiary/aromatic N) is 2. The third kappa shape index (κ3) is 4.05. The van der Waals surface area contributed by atoms with Gasteiger partial charge in [0.15, 0.2) is 6.10 Å². The Morgan fingerprint density at radius 2 is 1.88 bits per heavy atom. The number of amides is 1. The molecule has 1 atom stereocenters. The summed E-state index contributed by atoms with van der Waals surface area (Å²) in [5.74, 6) is -0.482.